The van der Waals surface area contributed by atoms with Crippen LogP contribution in [-0.2, 0) is 24.9 Å². The van der Waals surface area contributed by atoms with Crippen LogP contribution in [0.5, 0.6) is 0 Å². The Morgan fingerprint density at radius 3 is 2.20 bits per heavy atom. The summed E-state index contributed by atoms with van der Waals surface area (Å²) in [6.45, 7) is 0. The molecule has 2 fully saturated rings. The summed E-state index contributed by atoms with van der Waals surface area (Å²) in [7, 11) is 0. The molecule has 0 spiro atoms. The van der Waals surface area contributed by atoms with Crippen molar-refractivity contribution < 1.29 is 34.5 Å². The van der Waals surface area contributed by atoms with Crippen LogP contribution in [0.4, 0.5) is 0 Å². The maximum atomic E-state index is 12.0. The molecule has 5 aromatic rings. The molecule has 2 saturated carbocycles. The molecule has 4 aromatic carbocycles. The first-order valence-corrected chi connectivity index (χ1v) is 14.8. The average molecular weight is 723 g/mol. The molecule has 0 amide bonds. The third-order valence-electron chi connectivity index (χ3n) is 8.62. The molecule has 213 valence electrons. The summed E-state index contributed by atoms with van der Waals surface area (Å²) in [5, 5.41) is 20.2. The number of carbonyl (C=O) groups excluding carboxylic acids is 1. The van der Waals surface area contributed by atoms with E-state index in [-0.39, 0.29) is 37.7 Å². The van der Waals surface area contributed by atoms with Crippen LogP contribution < -0.4 is 0 Å². The van der Waals surface area contributed by atoms with Gasteiger partial charge in [0.15, 0.2) is 11.4 Å². The van der Waals surface area contributed by atoms with Gasteiger partial charge in [-0.15, -0.1) is 41.1 Å². The first kappa shape index (κ1) is 29.2. The summed E-state index contributed by atoms with van der Waals surface area (Å²) in [6.07, 6.45) is 13.0. The van der Waals surface area contributed by atoms with Crippen LogP contribution in [0, 0.1) is 17.9 Å². The minimum absolute atomic E-state index is 0. The molecule has 1 radical (unpaired) electrons. The summed E-state index contributed by atoms with van der Waals surface area (Å²) < 4.78 is 5.55. The maximum absolute atomic E-state index is 12.0. The van der Waals surface area contributed by atoms with Gasteiger partial charge in [0, 0.05) is 49.1 Å². The summed E-state index contributed by atoms with van der Waals surface area (Å²) in [4.78, 5) is 12.0. The topological polar surface area (TPSA) is 63.3 Å². The molecular formula is C36H36IrNO3-. The molecule has 1 heterocycles. The SMILES string of the molecule is O=C(/C=C(\O)C1CCCCC1)C1CCCCC1.[Ir].[c-]1ccccc1-c1noc2cc3ccc4ccccc4c3cc12. The van der Waals surface area contributed by atoms with Crippen molar-refractivity contribution in [2.45, 2.75) is 64.2 Å². The number of aliphatic hydroxyl groups excluding tert-OH is 1. The van der Waals surface area contributed by atoms with E-state index >= 15 is 0 Å². The minimum atomic E-state index is 0. The summed E-state index contributed by atoms with van der Waals surface area (Å²) >= 11 is 0. The zero-order valence-corrected chi connectivity index (χ0v) is 25.7. The first-order valence-electron chi connectivity index (χ1n) is 14.8. The van der Waals surface area contributed by atoms with Gasteiger partial charge in [0.2, 0.25) is 0 Å². The number of benzene rings is 4. The van der Waals surface area contributed by atoms with Crippen LogP contribution in [0.15, 0.2) is 89.2 Å². The van der Waals surface area contributed by atoms with Gasteiger partial charge in [-0.2, -0.15) is 0 Å². The standard InChI is InChI=1S/C21H12NO.C15H24O2.Ir/c1-2-7-15(8-3-1)21-19-13-18-16(12-20(19)23-22-21)11-10-14-6-4-5-9-17(14)18;16-14(12-7-3-1-4-8-12)11-15(17)13-9-5-2-6-10-13;/h1-7,9-13H;11-13,16H,1-10H2;/q-1;;/b;14-11-;. The zero-order valence-electron chi connectivity index (χ0n) is 23.3. The zero-order chi connectivity index (χ0) is 27.3. The monoisotopic (exact) mass is 723 g/mol. The smallest absolute Gasteiger partial charge is 0.162 e. The minimum Gasteiger partial charge on any atom is -0.512 e. The Hall–Kier alpha value is -3.27. The summed E-state index contributed by atoms with van der Waals surface area (Å²) in [6, 6.07) is 28.0. The number of carbonyl (C=O) groups is 1. The Balaban J connectivity index is 0.000000169. The van der Waals surface area contributed by atoms with E-state index in [1.54, 1.807) is 6.08 Å². The van der Waals surface area contributed by atoms with E-state index in [4.69, 9.17) is 4.52 Å². The maximum Gasteiger partial charge on any atom is 0.162 e. The molecule has 41 heavy (non-hydrogen) atoms. The molecule has 7 rings (SSSR count). The van der Waals surface area contributed by atoms with Crippen LogP contribution in [0.3, 0.4) is 0 Å². The fourth-order valence-electron chi connectivity index (χ4n) is 6.34. The fraction of sp³-hybridized carbons (Fsp3) is 0.333. The van der Waals surface area contributed by atoms with Crippen LogP contribution in [-0.4, -0.2) is 16.0 Å². The van der Waals surface area contributed by atoms with Crippen molar-refractivity contribution in [3.05, 3.63) is 90.7 Å². The number of aliphatic hydroxyl groups is 1. The Bertz CT molecular complexity index is 1640. The van der Waals surface area contributed by atoms with Crippen molar-refractivity contribution >= 4 is 38.3 Å². The normalized spacial score (nSPS) is 16.7. The largest absolute Gasteiger partial charge is 0.512 e. The summed E-state index contributed by atoms with van der Waals surface area (Å²) in [5.41, 5.74) is 2.60. The molecule has 0 saturated heterocycles. The number of nitrogens with zero attached hydrogens (tertiary/aromatic N) is 1. The van der Waals surface area contributed by atoms with Crippen molar-refractivity contribution in [2.75, 3.05) is 0 Å². The number of hydrogen-bond acceptors (Lipinski definition) is 4. The van der Waals surface area contributed by atoms with Gasteiger partial charge in [-0.1, -0.05) is 74.9 Å². The second kappa shape index (κ2) is 13.6. The van der Waals surface area contributed by atoms with E-state index in [0.29, 0.717) is 5.76 Å². The molecule has 1 N–H and O–H groups in total. The molecule has 0 bridgehead atoms. The number of aromatic nitrogens is 1. The van der Waals surface area contributed by atoms with Gasteiger partial charge < -0.3 is 9.63 Å². The van der Waals surface area contributed by atoms with Gasteiger partial charge in [0.1, 0.15) is 0 Å². The third-order valence-corrected chi connectivity index (χ3v) is 8.62. The van der Waals surface area contributed by atoms with Crippen LogP contribution in [0.25, 0.3) is 43.8 Å². The fourth-order valence-corrected chi connectivity index (χ4v) is 6.34. The molecule has 4 nitrogen and oxygen atoms in total. The van der Waals surface area contributed by atoms with Gasteiger partial charge in [0.05, 0.1) is 5.76 Å². The second-order valence-electron chi connectivity index (χ2n) is 11.3. The van der Waals surface area contributed by atoms with E-state index < -0.39 is 0 Å². The predicted octanol–water partition coefficient (Wildman–Crippen LogP) is 9.76. The van der Waals surface area contributed by atoms with Crippen molar-refractivity contribution in [3.63, 3.8) is 0 Å². The van der Waals surface area contributed by atoms with E-state index in [2.05, 4.69) is 59.8 Å². The Kier molecular flexibility index (Phi) is 9.69. The number of allylic oxidation sites excluding steroid dienone is 2. The molecule has 2 aliphatic rings. The molecule has 1 aromatic heterocycles. The average Bonchev–Trinajstić information content (AvgIpc) is 3.44. The first-order chi connectivity index (χ1) is 19.7. The van der Waals surface area contributed by atoms with Gasteiger partial charge in [-0.3, -0.25) is 4.79 Å². The number of rotatable bonds is 4. The van der Waals surface area contributed by atoms with Crippen LogP contribution in [0.1, 0.15) is 64.2 Å². The molecule has 0 unspecified atom stereocenters. The Morgan fingerprint density at radius 2 is 1.46 bits per heavy atom. The van der Waals surface area contributed by atoms with Crippen LogP contribution >= 0.6 is 0 Å². The molecular weight excluding hydrogens is 687 g/mol. The Labute approximate surface area is 255 Å². The molecule has 0 aliphatic heterocycles. The predicted molar refractivity (Wildman–Crippen MR) is 162 cm³/mol. The van der Waals surface area contributed by atoms with Crippen molar-refractivity contribution in [1.29, 1.82) is 0 Å². The van der Waals surface area contributed by atoms with E-state index in [1.165, 1.54) is 54.7 Å². The van der Waals surface area contributed by atoms with Gasteiger partial charge >= 0.3 is 0 Å². The Morgan fingerprint density at radius 1 is 0.780 bits per heavy atom. The van der Waals surface area contributed by atoms with E-state index in [0.717, 1.165) is 53.3 Å². The van der Waals surface area contributed by atoms with E-state index in [9.17, 15) is 9.90 Å². The molecule has 2 aliphatic carbocycles. The van der Waals surface area contributed by atoms with Gasteiger partial charge in [0.25, 0.3) is 0 Å². The van der Waals surface area contributed by atoms with Crippen LogP contribution in [0.2, 0.25) is 0 Å². The number of fused-ring (bicyclic) bond motifs is 4. The van der Waals surface area contributed by atoms with Crippen molar-refractivity contribution in [1.82, 2.24) is 5.16 Å². The summed E-state index contributed by atoms with van der Waals surface area (Å²) in [5.74, 6) is 0.985. The third kappa shape index (κ3) is 6.63. The van der Waals surface area contributed by atoms with Crippen molar-refractivity contribution in [3.8, 4) is 11.3 Å². The van der Waals surface area contributed by atoms with Gasteiger partial charge in [-0.05, 0) is 59.4 Å². The number of hydrogen-bond donors (Lipinski definition) is 1. The van der Waals surface area contributed by atoms with Gasteiger partial charge in [-0.25, -0.2) is 0 Å². The van der Waals surface area contributed by atoms with E-state index in [1.807, 2.05) is 24.3 Å². The molecule has 5 heteroatoms. The molecule has 0 atom stereocenters. The quantitative estimate of drug-likeness (QED) is 0.0869. The second-order valence-corrected chi connectivity index (χ2v) is 11.3. The number of ketones is 1. The van der Waals surface area contributed by atoms with Crippen molar-refractivity contribution in [2.24, 2.45) is 11.8 Å².